The van der Waals surface area contributed by atoms with Gasteiger partial charge >= 0.3 is 6.18 Å². The topological polar surface area (TPSA) is 26.0 Å². The Morgan fingerprint density at radius 3 is 2.16 bits per heavy atom. The fourth-order valence-corrected chi connectivity index (χ4v) is 1.67. The van der Waals surface area contributed by atoms with Crippen LogP contribution < -0.4 is 5.73 Å². The van der Waals surface area contributed by atoms with E-state index in [1.165, 1.54) is 0 Å². The maximum Gasteiger partial charge on any atom is 0.416 e. The Morgan fingerprint density at radius 1 is 1.16 bits per heavy atom. The van der Waals surface area contributed by atoms with Gasteiger partial charge in [0.05, 0.1) is 5.56 Å². The van der Waals surface area contributed by atoms with Gasteiger partial charge in [-0.3, -0.25) is 0 Å². The first-order valence-corrected chi connectivity index (χ1v) is 5.84. The fraction of sp³-hybridized carbons (Fsp3) is 0.538. The average molecular weight is 300 g/mol. The third-order valence-electron chi connectivity index (χ3n) is 2.78. The summed E-state index contributed by atoms with van der Waals surface area (Å²) in [6.07, 6.45) is -3.16. The molecule has 0 aliphatic carbocycles. The summed E-state index contributed by atoms with van der Waals surface area (Å²) in [5.41, 5.74) is 4.94. The third kappa shape index (κ3) is 5.37. The molecule has 1 aromatic rings. The van der Waals surface area contributed by atoms with Crippen molar-refractivity contribution >= 4 is 12.4 Å². The largest absolute Gasteiger partial charge is 0.416 e. The molecule has 1 aromatic carbocycles. The smallest absolute Gasteiger partial charge is 0.324 e. The van der Waals surface area contributed by atoms with Gasteiger partial charge in [-0.05, 0) is 30.9 Å². The zero-order valence-electron chi connectivity index (χ0n) is 10.8. The minimum atomic E-state index is -4.53. The quantitative estimate of drug-likeness (QED) is 0.801. The lowest BCUT2D eigenvalue weighted by Gasteiger charge is -2.15. The normalized spacial score (nSPS) is 13.3. The molecule has 110 valence electrons. The zero-order chi connectivity index (χ0) is 13.9. The van der Waals surface area contributed by atoms with Gasteiger partial charge in [-0.25, -0.2) is 4.39 Å². The standard InChI is InChI=1S/C13H17F4N.ClH/c1-8(2)3-6-12(18)10-5-4-9(7-11(10)14)13(15,16)17;/h4-5,7-8,12H,3,6,18H2,1-2H3;1H/t12-;/m0./s1. The van der Waals surface area contributed by atoms with Crippen molar-refractivity contribution in [1.29, 1.82) is 0 Å². The van der Waals surface area contributed by atoms with Gasteiger partial charge in [0.2, 0.25) is 0 Å². The van der Waals surface area contributed by atoms with Crippen LogP contribution in [0.1, 0.15) is 43.9 Å². The van der Waals surface area contributed by atoms with Crippen LogP contribution in [0.5, 0.6) is 0 Å². The van der Waals surface area contributed by atoms with E-state index in [2.05, 4.69) is 0 Å². The monoisotopic (exact) mass is 299 g/mol. The van der Waals surface area contributed by atoms with Crippen LogP contribution in [-0.2, 0) is 6.18 Å². The molecule has 0 aromatic heterocycles. The highest BCUT2D eigenvalue weighted by Gasteiger charge is 2.31. The third-order valence-corrected chi connectivity index (χ3v) is 2.78. The summed E-state index contributed by atoms with van der Waals surface area (Å²) < 4.78 is 50.6. The molecule has 0 aliphatic heterocycles. The Balaban J connectivity index is 0.00000324. The highest BCUT2D eigenvalue weighted by molar-refractivity contribution is 5.85. The van der Waals surface area contributed by atoms with Gasteiger partial charge in [0.1, 0.15) is 5.82 Å². The Kier molecular flexibility index (Phi) is 6.80. The first kappa shape index (κ1) is 18.2. The molecule has 6 heteroatoms. The fourth-order valence-electron chi connectivity index (χ4n) is 1.67. The predicted molar refractivity (Wildman–Crippen MR) is 69.7 cm³/mol. The molecule has 0 heterocycles. The van der Waals surface area contributed by atoms with Crippen LogP contribution in [0.3, 0.4) is 0 Å². The van der Waals surface area contributed by atoms with Crippen molar-refractivity contribution < 1.29 is 17.6 Å². The first-order chi connectivity index (χ1) is 8.21. The van der Waals surface area contributed by atoms with E-state index in [1.54, 1.807) is 0 Å². The van der Waals surface area contributed by atoms with E-state index in [0.29, 0.717) is 18.4 Å². The summed E-state index contributed by atoms with van der Waals surface area (Å²) >= 11 is 0. The van der Waals surface area contributed by atoms with Crippen molar-refractivity contribution in [3.05, 3.63) is 35.1 Å². The predicted octanol–water partition coefficient (Wildman–Crippen LogP) is 4.70. The van der Waals surface area contributed by atoms with Crippen molar-refractivity contribution in [2.45, 2.75) is 38.9 Å². The van der Waals surface area contributed by atoms with Gasteiger partial charge < -0.3 is 5.73 Å². The summed E-state index contributed by atoms with van der Waals surface area (Å²) in [5.74, 6) is -0.463. The second-order valence-corrected chi connectivity index (χ2v) is 4.81. The van der Waals surface area contributed by atoms with Gasteiger partial charge in [0.15, 0.2) is 0 Å². The lowest BCUT2D eigenvalue weighted by Crippen LogP contribution is -2.14. The number of rotatable bonds is 4. The molecule has 1 atom stereocenters. The number of hydrogen-bond donors (Lipinski definition) is 1. The number of benzene rings is 1. The van der Waals surface area contributed by atoms with E-state index in [1.807, 2.05) is 13.8 Å². The average Bonchev–Trinajstić information content (AvgIpc) is 2.24. The number of nitrogens with two attached hydrogens (primary N) is 1. The molecule has 1 nitrogen and oxygen atoms in total. The van der Waals surface area contributed by atoms with E-state index in [0.717, 1.165) is 18.6 Å². The van der Waals surface area contributed by atoms with E-state index in [9.17, 15) is 17.6 Å². The Labute approximate surface area is 116 Å². The van der Waals surface area contributed by atoms with Crippen molar-refractivity contribution in [3.63, 3.8) is 0 Å². The Hall–Kier alpha value is -0.810. The SMILES string of the molecule is CC(C)CC[C@H](N)c1ccc(C(F)(F)F)cc1F.Cl. The minimum absolute atomic E-state index is 0. The van der Waals surface area contributed by atoms with E-state index in [4.69, 9.17) is 5.73 Å². The maximum absolute atomic E-state index is 13.6. The molecule has 0 aliphatic rings. The summed E-state index contributed by atoms with van der Waals surface area (Å²) in [6.45, 7) is 4.02. The van der Waals surface area contributed by atoms with Crippen molar-refractivity contribution in [1.82, 2.24) is 0 Å². The van der Waals surface area contributed by atoms with Crippen LogP contribution in [0.15, 0.2) is 18.2 Å². The molecular weight excluding hydrogens is 282 g/mol. The maximum atomic E-state index is 13.6. The van der Waals surface area contributed by atoms with Gasteiger partial charge in [-0.2, -0.15) is 13.2 Å². The molecular formula is C13H18ClF4N. The van der Waals surface area contributed by atoms with Crippen LogP contribution in [0.2, 0.25) is 0 Å². The second-order valence-electron chi connectivity index (χ2n) is 4.81. The molecule has 0 saturated heterocycles. The highest BCUT2D eigenvalue weighted by Crippen LogP contribution is 2.31. The summed E-state index contributed by atoms with van der Waals surface area (Å²) in [6, 6.07) is 1.94. The minimum Gasteiger partial charge on any atom is -0.324 e. The highest BCUT2D eigenvalue weighted by atomic mass is 35.5. The summed E-state index contributed by atoms with van der Waals surface area (Å²) in [5, 5.41) is 0. The van der Waals surface area contributed by atoms with Crippen LogP contribution >= 0.6 is 12.4 Å². The van der Waals surface area contributed by atoms with E-state index >= 15 is 0 Å². The molecule has 0 unspecified atom stereocenters. The molecule has 0 spiro atoms. The number of alkyl halides is 3. The van der Waals surface area contributed by atoms with Crippen molar-refractivity contribution in [3.8, 4) is 0 Å². The van der Waals surface area contributed by atoms with E-state index in [-0.39, 0.29) is 18.0 Å². The molecule has 1 rings (SSSR count). The Bertz CT molecular complexity index is 404. The van der Waals surface area contributed by atoms with Crippen LogP contribution in [0.25, 0.3) is 0 Å². The molecule has 0 amide bonds. The first-order valence-electron chi connectivity index (χ1n) is 5.84. The van der Waals surface area contributed by atoms with Gasteiger partial charge in [0.25, 0.3) is 0 Å². The van der Waals surface area contributed by atoms with Crippen LogP contribution in [0, 0.1) is 11.7 Å². The molecule has 0 saturated carbocycles. The number of hydrogen-bond acceptors (Lipinski definition) is 1. The molecule has 2 N–H and O–H groups in total. The van der Waals surface area contributed by atoms with E-state index < -0.39 is 23.6 Å². The van der Waals surface area contributed by atoms with Crippen molar-refractivity contribution in [2.24, 2.45) is 11.7 Å². The lowest BCUT2D eigenvalue weighted by molar-refractivity contribution is -0.137. The molecule has 19 heavy (non-hydrogen) atoms. The lowest BCUT2D eigenvalue weighted by atomic mass is 9.97. The number of halogens is 5. The van der Waals surface area contributed by atoms with Gasteiger partial charge in [-0.15, -0.1) is 12.4 Å². The molecule has 0 bridgehead atoms. The molecule has 0 radical (unpaired) electrons. The summed E-state index contributed by atoms with van der Waals surface area (Å²) in [4.78, 5) is 0. The van der Waals surface area contributed by atoms with Crippen molar-refractivity contribution in [2.75, 3.05) is 0 Å². The van der Waals surface area contributed by atoms with Gasteiger partial charge in [-0.1, -0.05) is 19.9 Å². The van der Waals surface area contributed by atoms with Crippen LogP contribution in [0.4, 0.5) is 17.6 Å². The molecule has 0 fully saturated rings. The van der Waals surface area contributed by atoms with Crippen LogP contribution in [-0.4, -0.2) is 0 Å². The second kappa shape index (κ2) is 7.10. The van der Waals surface area contributed by atoms with Gasteiger partial charge in [0, 0.05) is 11.6 Å². The zero-order valence-corrected chi connectivity index (χ0v) is 11.6. The summed E-state index contributed by atoms with van der Waals surface area (Å²) in [7, 11) is 0. The Morgan fingerprint density at radius 2 is 1.74 bits per heavy atom.